The van der Waals surface area contributed by atoms with Gasteiger partial charge < -0.3 is 13.9 Å². The van der Waals surface area contributed by atoms with Crippen molar-refractivity contribution < 1.29 is 23.5 Å². The fourth-order valence-corrected chi connectivity index (χ4v) is 4.06. The molecule has 0 amide bonds. The van der Waals surface area contributed by atoms with Gasteiger partial charge in [0.15, 0.2) is 12.4 Å². The average Bonchev–Trinajstić information content (AvgIpc) is 3.19. The van der Waals surface area contributed by atoms with Gasteiger partial charge in [0.25, 0.3) is 0 Å². The Kier molecular flexibility index (Phi) is 7.14. The minimum atomic E-state index is -0.553. The molecule has 3 rings (SSSR count). The molecule has 6 heteroatoms. The molecule has 1 aromatic heterocycles. The van der Waals surface area contributed by atoms with Crippen LogP contribution in [0.15, 0.2) is 52.0 Å². The van der Waals surface area contributed by atoms with Crippen molar-refractivity contribution in [1.29, 1.82) is 0 Å². The minimum Gasteiger partial charge on any atom is -0.481 e. The summed E-state index contributed by atoms with van der Waals surface area (Å²) in [6.07, 6.45) is 6.92. The first-order valence-electron chi connectivity index (χ1n) is 10.3. The van der Waals surface area contributed by atoms with E-state index in [9.17, 15) is 9.59 Å². The van der Waals surface area contributed by atoms with Crippen molar-refractivity contribution in [2.75, 3.05) is 12.9 Å². The molecule has 0 atom stereocenters. The van der Waals surface area contributed by atoms with E-state index in [2.05, 4.69) is 0 Å². The summed E-state index contributed by atoms with van der Waals surface area (Å²) < 4.78 is 16.6. The maximum atomic E-state index is 12.8. The topological polar surface area (TPSA) is 65.7 Å². The van der Waals surface area contributed by atoms with Gasteiger partial charge in [0.1, 0.15) is 16.9 Å². The van der Waals surface area contributed by atoms with Crippen molar-refractivity contribution in [3.8, 4) is 5.75 Å². The summed E-state index contributed by atoms with van der Waals surface area (Å²) in [7, 11) is 0. The normalized spacial score (nSPS) is 11.8. The number of hydrogen-bond acceptors (Lipinski definition) is 6. The lowest BCUT2D eigenvalue weighted by Crippen LogP contribution is -2.27. The van der Waals surface area contributed by atoms with E-state index in [1.165, 1.54) is 0 Å². The standard InChI is InChI=1S/C26H28O5S/c1-16-13-18(14-17(2)24(16)30-15-23(28)31-26(3,4)5)7-9-21(27)19-8-10-22(32-6)20-11-12-29-25(19)20/h7-14H,15H2,1-6H3. The predicted molar refractivity (Wildman–Crippen MR) is 129 cm³/mol. The molecule has 1 heterocycles. The number of thioether (sulfide) groups is 1. The molecule has 0 saturated carbocycles. The number of rotatable bonds is 7. The minimum absolute atomic E-state index is 0.127. The molecule has 0 aliphatic heterocycles. The van der Waals surface area contributed by atoms with Crippen LogP contribution in [0, 0.1) is 13.8 Å². The Labute approximate surface area is 192 Å². The number of carbonyl (C=O) groups is 2. The van der Waals surface area contributed by atoms with E-state index >= 15 is 0 Å². The van der Waals surface area contributed by atoms with Gasteiger partial charge in [0, 0.05) is 10.3 Å². The number of benzene rings is 2. The Morgan fingerprint density at radius 2 is 1.78 bits per heavy atom. The van der Waals surface area contributed by atoms with Crippen molar-refractivity contribution in [3.63, 3.8) is 0 Å². The summed E-state index contributed by atoms with van der Waals surface area (Å²) >= 11 is 1.62. The van der Waals surface area contributed by atoms with Gasteiger partial charge in [-0.15, -0.1) is 11.8 Å². The number of fused-ring (bicyclic) bond motifs is 1. The number of ketones is 1. The summed E-state index contributed by atoms with van der Waals surface area (Å²) in [5.41, 5.74) is 3.20. The van der Waals surface area contributed by atoms with Crippen molar-refractivity contribution in [1.82, 2.24) is 0 Å². The zero-order chi connectivity index (χ0) is 23.5. The summed E-state index contributed by atoms with van der Waals surface area (Å²) in [5, 5.41) is 0.940. The lowest BCUT2D eigenvalue weighted by molar-refractivity contribution is -0.157. The van der Waals surface area contributed by atoms with Crippen LogP contribution in [-0.2, 0) is 9.53 Å². The predicted octanol–water partition coefficient (Wildman–Crippen LogP) is 6.39. The van der Waals surface area contributed by atoms with E-state index in [1.807, 2.05) is 65.1 Å². The molecule has 0 aliphatic rings. The lowest BCUT2D eigenvalue weighted by Gasteiger charge is -2.20. The van der Waals surface area contributed by atoms with E-state index in [0.29, 0.717) is 16.9 Å². The van der Waals surface area contributed by atoms with Gasteiger partial charge in [0.2, 0.25) is 0 Å². The number of allylic oxidation sites excluding steroid dienone is 1. The monoisotopic (exact) mass is 452 g/mol. The molecule has 2 aromatic carbocycles. The third-order valence-corrected chi connectivity index (χ3v) is 5.52. The molecule has 0 unspecified atom stereocenters. The highest BCUT2D eigenvalue weighted by atomic mass is 32.2. The molecular weight excluding hydrogens is 424 g/mol. The maximum Gasteiger partial charge on any atom is 0.344 e. The van der Waals surface area contributed by atoms with Crippen LogP contribution in [0.5, 0.6) is 5.75 Å². The first-order chi connectivity index (χ1) is 15.1. The number of ether oxygens (including phenoxy) is 2. The van der Waals surface area contributed by atoms with Gasteiger partial charge >= 0.3 is 5.97 Å². The summed E-state index contributed by atoms with van der Waals surface area (Å²) in [6, 6.07) is 9.45. The van der Waals surface area contributed by atoms with Crippen LogP contribution in [0.25, 0.3) is 17.0 Å². The second-order valence-electron chi connectivity index (χ2n) is 8.54. The Hall–Kier alpha value is -2.99. The quantitative estimate of drug-likeness (QED) is 0.179. The smallest absolute Gasteiger partial charge is 0.344 e. The largest absolute Gasteiger partial charge is 0.481 e. The highest BCUT2D eigenvalue weighted by Crippen LogP contribution is 2.30. The van der Waals surface area contributed by atoms with Crippen molar-refractivity contribution >= 4 is 40.6 Å². The number of carbonyl (C=O) groups excluding carboxylic acids is 2. The van der Waals surface area contributed by atoms with Crippen molar-refractivity contribution in [3.05, 3.63) is 64.9 Å². The number of esters is 1. The number of aryl methyl sites for hydroxylation is 2. The molecule has 0 spiro atoms. The fourth-order valence-electron chi connectivity index (χ4n) is 3.48. The number of hydrogen-bond donors (Lipinski definition) is 0. The van der Waals surface area contributed by atoms with Crippen LogP contribution < -0.4 is 4.74 Å². The average molecular weight is 453 g/mol. The van der Waals surface area contributed by atoms with Crippen LogP contribution in [0.1, 0.15) is 47.8 Å². The Bertz CT molecular complexity index is 1160. The molecule has 0 N–H and O–H groups in total. The molecule has 168 valence electrons. The van der Waals surface area contributed by atoms with E-state index in [4.69, 9.17) is 13.9 Å². The SMILES string of the molecule is CSc1ccc(C(=O)C=Cc2cc(C)c(OCC(=O)OC(C)(C)C)c(C)c2)c2occc12. The molecule has 0 radical (unpaired) electrons. The van der Waals surface area contributed by atoms with Gasteiger partial charge in [-0.3, -0.25) is 4.79 Å². The highest BCUT2D eigenvalue weighted by molar-refractivity contribution is 7.98. The first-order valence-corrected chi connectivity index (χ1v) is 11.5. The van der Waals surface area contributed by atoms with Crippen molar-refractivity contribution in [2.24, 2.45) is 0 Å². The van der Waals surface area contributed by atoms with Crippen molar-refractivity contribution in [2.45, 2.75) is 45.1 Å². The van der Waals surface area contributed by atoms with E-state index in [-0.39, 0.29) is 12.4 Å². The Morgan fingerprint density at radius 1 is 1.09 bits per heavy atom. The van der Waals surface area contributed by atoms with Crippen LogP contribution in [0.4, 0.5) is 0 Å². The van der Waals surface area contributed by atoms with Gasteiger partial charge in [0.05, 0.1) is 11.8 Å². The summed E-state index contributed by atoms with van der Waals surface area (Å²) in [4.78, 5) is 25.8. The first kappa shape index (κ1) is 23.7. The van der Waals surface area contributed by atoms with Crippen LogP contribution in [-0.4, -0.2) is 30.2 Å². The van der Waals surface area contributed by atoms with Crippen LogP contribution >= 0.6 is 11.8 Å². The zero-order valence-electron chi connectivity index (χ0n) is 19.3. The molecule has 3 aromatic rings. The third-order valence-electron chi connectivity index (χ3n) is 4.73. The second-order valence-corrected chi connectivity index (χ2v) is 9.38. The van der Waals surface area contributed by atoms with Crippen LogP contribution in [0.3, 0.4) is 0 Å². The summed E-state index contributed by atoms with van der Waals surface area (Å²) in [5.74, 6) is 0.102. The molecule has 0 saturated heterocycles. The molecular formula is C26H28O5S. The molecule has 5 nitrogen and oxygen atoms in total. The lowest BCUT2D eigenvalue weighted by atomic mass is 10.0. The van der Waals surface area contributed by atoms with E-state index in [1.54, 1.807) is 36.2 Å². The number of furan rings is 1. The van der Waals surface area contributed by atoms with E-state index in [0.717, 1.165) is 27.0 Å². The highest BCUT2D eigenvalue weighted by Gasteiger charge is 2.18. The van der Waals surface area contributed by atoms with Gasteiger partial charge in [-0.25, -0.2) is 4.79 Å². The maximum absolute atomic E-state index is 12.8. The fraction of sp³-hybridized carbons (Fsp3) is 0.308. The van der Waals surface area contributed by atoms with Gasteiger partial charge in [-0.05, 0) is 94.0 Å². The molecule has 0 aliphatic carbocycles. The molecule has 32 heavy (non-hydrogen) atoms. The van der Waals surface area contributed by atoms with Gasteiger partial charge in [-0.2, -0.15) is 0 Å². The molecule has 0 fully saturated rings. The van der Waals surface area contributed by atoms with Gasteiger partial charge in [-0.1, -0.05) is 6.08 Å². The second kappa shape index (κ2) is 9.65. The summed E-state index contributed by atoms with van der Waals surface area (Å²) in [6.45, 7) is 9.11. The third kappa shape index (κ3) is 5.62. The Balaban J connectivity index is 1.75. The van der Waals surface area contributed by atoms with E-state index < -0.39 is 11.6 Å². The molecule has 0 bridgehead atoms. The zero-order valence-corrected chi connectivity index (χ0v) is 20.1. The van der Waals surface area contributed by atoms with Crippen LogP contribution in [0.2, 0.25) is 0 Å². The Morgan fingerprint density at radius 3 is 2.41 bits per heavy atom.